The van der Waals surface area contributed by atoms with Gasteiger partial charge in [0.15, 0.2) is 5.13 Å². The first-order valence-corrected chi connectivity index (χ1v) is 7.00. The molecule has 0 bridgehead atoms. The van der Waals surface area contributed by atoms with Gasteiger partial charge in [-0.1, -0.05) is 0 Å². The molecule has 0 radical (unpaired) electrons. The van der Waals surface area contributed by atoms with Crippen molar-refractivity contribution in [3.05, 3.63) is 11.6 Å². The van der Waals surface area contributed by atoms with Crippen LogP contribution in [-0.2, 0) is 0 Å². The van der Waals surface area contributed by atoms with Crippen molar-refractivity contribution in [1.29, 1.82) is 0 Å². The summed E-state index contributed by atoms with van der Waals surface area (Å²) >= 11 is 1.70. The highest BCUT2D eigenvalue weighted by molar-refractivity contribution is 7.13. The van der Waals surface area contributed by atoms with Crippen LogP contribution in [0.2, 0.25) is 0 Å². The van der Waals surface area contributed by atoms with Crippen LogP contribution in [0.3, 0.4) is 0 Å². The van der Waals surface area contributed by atoms with Crippen LogP contribution in [-0.4, -0.2) is 66.4 Å². The van der Waals surface area contributed by atoms with E-state index in [1.165, 1.54) is 0 Å². The lowest BCUT2D eigenvalue weighted by atomic mass is 10.1. The number of hydrogen-bond acceptors (Lipinski definition) is 6. The highest BCUT2D eigenvalue weighted by Crippen LogP contribution is 2.20. The third-order valence-corrected chi connectivity index (χ3v) is 4.46. The van der Waals surface area contributed by atoms with Gasteiger partial charge in [-0.25, -0.2) is 4.98 Å². The lowest BCUT2D eigenvalue weighted by molar-refractivity contribution is 0.0792. The summed E-state index contributed by atoms with van der Waals surface area (Å²) in [7, 11) is 0. The normalized spacial score (nSPS) is 31.0. The number of aliphatic hydroxyl groups excluding tert-OH is 1. The summed E-state index contributed by atoms with van der Waals surface area (Å²) < 4.78 is 0. The standard InChI is InChI=1S/C11H18N4OS/c16-10-8-12-7-9(10)14-2-4-15(5-3-14)11-13-1-6-17-11/h1,6,9-10,12,16H,2-5,7-8H2/t9-,10-/m0/s1. The number of thiazole rings is 1. The van der Waals surface area contributed by atoms with Gasteiger partial charge < -0.3 is 15.3 Å². The van der Waals surface area contributed by atoms with Crippen LogP contribution in [0.1, 0.15) is 0 Å². The van der Waals surface area contributed by atoms with E-state index >= 15 is 0 Å². The Morgan fingerprint density at radius 3 is 2.71 bits per heavy atom. The zero-order valence-corrected chi connectivity index (χ0v) is 10.6. The van der Waals surface area contributed by atoms with Gasteiger partial charge in [-0.05, 0) is 0 Å². The molecule has 0 saturated carbocycles. The van der Waals surface area contributed by atoms with E-state index in [9.17, 15) is 5.11 Å². The van der Waals surface area contributed by atoms with Crippen LogP contribution in [0.5, 0.6) is 0 Å². The Morgan fingerprint density at radius 2 is 2.12 bits per heavy atom. The van der Waals surface area contributed by atoms with Crippen LogP contribution in [0, 0.1) is 0 Å². The summed E-state index contributed by atoms with van der Waals surface area (Å²) in [4.78, 5) is 9.07. The zero-order chi connectivity index (χ0) is 11.7. The molecule has 0 aliphatic carbocycles. The van der Waals surface area contributed by atoms with Crippen LogP contribution in [0.15, 0.2) is 11.6 Å². The highest BCUT2D eigenvalue weighted by Gasteiger charge is 2.32. The third-order valence-electron chi connectivity index (χ3n) is 3.62. The van der Waals surface area contributed by atoms with Gasteiger partial charge in [0.2, 0.25) is 0 Å². The molecule has 3 heterocycles. The van der Waals surface area contributed by atoms with E-state index in [-0.39, 0.29) is 6.10 Å². The van der Waals surface area contributed by atoms with Crippen LogP contribution in [0.4, 0.5) is 5.13 Å². The van der Waals surface area contributed by atoms with Gasteiger partial charge in [0.1, 0.15) is 0 Å². The Hall–Kier alpha value is -0.690. The minimum absolute atomic E-state index is 0.207. The quantitative estimate of drug-likeness (QED) is 0.752. The molecule has 0 aromatic carbocycles. The molecular formula is C11H18N4OS. The molecule has 1 aromatic rings. The molecule has 2 saturated heterocycles. The number of aromatic nitrogens is 1. The largest absolute Gasteiger partial charge is 0.390 e. The van der Waals surface area contributed by atoms with Crippen molar-refractivity contribution in [3.8, 4) is 0 Å². The van der Waals surface area contributed by atoms with E-state index in [0.29, 0.717) is 6.04 Å². The first-order chi connectivity index (χ1) is 8.34. The highest BCUT2D eigenvalue weighted by atomic mass is 32.1. The fourth-order valence-corrected chi connectivity index (χ4v) is 3.34. The van der Waals surface area contributed by atoms with Crippen LogP contribution < -0.4 is 10.2 Å². The number of piperazine rings is 1. The van der Waals surface area contributed by atoms with E-state index in [1.54, 1.807) is 11.3 Å². The third kappa shape index (κ3) is 2.30. The lowest BCUT2D eigenvalue weighted by Gasteiger charge is -2.38. The Bertz CT molecular complexity index is 350. The lowest BCUT2D eigenvalue weighted by Crippen LogP contribution is -2.53. The maximum atomic E-state index is 9.86. The predicted octanol–water partition coefficient (Wildman–Crippen LogP) is -0.402. The van der Waals surface area contributed by atoms with Crippen molar-refractivity contribution in [1.82, 2.24) is 15.2 Å². The molecule has 2 atom stereocenters. The molecule has 0 spiro atoms. The molecule has 0 unspecified atom stereocenters. The minimum atomic E-state index is -0.207. The number of anilines is 1. The van der Waals surface area contributed by atoms with Crippen molar-refractivity contribution in [3.63, 3.8) is 0 Å². The fourth-order valence-electron chi connectivity index (χ4n) is 2.64. The monoisotopic (exact) mass is 254 g/mol. The SMILES string of the molecule is O[C@H]1CNC[C@@H]1N1CCN(c2nccs2)CC1. The van der Waals surface area contributed by atoms with Crippen LogP contribution >= 0.6 is 11.3 Å². The predicted molar refractivity (Wildman–Crippen MR) is 68.6 cm³/mol. The first-order valence-electron chi connectivity index (χ1n) is 6.12. The number of aliphatic hydroxyl groups is 1. The molecule has 2 N–H and O–H groups in total. The second-order valence-corrected chi connectivity index (χ2v) is 5.50. The van der Waals surface area contributed by atoms with Gasteiger partial charge in [-0.15, -0.1) is 11.3 Å². The molecule has 2 fully saturated rings. The molecule has 1 aromatic heterocycles. The second kappa shape index (κ2) is 4.89. The molecule has 17 heavy (non-hydrogen) atoms. The number of nitrogens with one attached hydrogen (secondary N) is 1. The number of rotatable bonds is 2. The molecule has 0 amide bonds. The summed E-state index contributed by atoms with van der Waals surface area (Å²) in [5.41, 5.74) is 0. The van der Waals surface area contributed by atoms with Gasteiger partial charge >= 0.3 is 0 Å². The van der Waals surface area contributed by atoms with Crippen molar-refractivity contribution >= 4 is 16.5 Å². The topological polar surface area (TPSA) is 51.6 Å². The van der Waals surface area contributed by atoms with Crippen molar-refractivity contribution in [2.24, 2.45) is 0 Å². The maximum absolute atomic E-state index is 9.86. The number of hydrogen-bond donors (Lipinski definition) is 2. The molecular weight excluding hydrogens is 236 g/mol. The van der Waals surface area contributed by atoms with Gasteiger partial charge in [-0.3, -0.25) is 4.90 Å². The average Bonchev–Trinajstić information content (AvgIpc) is 3.00. The summed E-state index contributed by atoms with van der Waals surface area (Å²) in [6, 6.07) is 0.299. The van der Waals surface area contributed by atoms with Gasteiger partial charge in [-0.2, -0.15) is 0 Å². The van der Waals surface area contributed by atoms with E-state index < -0.39 is 0 Å². The molecule has 2 aliphatic rings. The van der Waals surface area contributed by atoms with Gasteiger partial charge in [0.05, 0.1) is 6.10 Å². The Balaban J connectivity index is 1.57. The number of nitrogens with zero attached hydrogens (tertiary/aromatic N) is 3. The van der Waals surface area contributed by atoms with Crippen LogP contribution in [0.25, 0.3) is 0 Å². The Morgan fingerprint density at radius 1 is 1.29 bits per heavy atom. The smallest absolute Gasteiger partial charge is 0.185 e. The van der Waals surface area contributed by atoms with E-state index in [4.69, 9.17) is 0 Å². The molecule has 94 valence electrons. The average molecular weight is 254 g/mol. The maximum Gasteiger partial charge on any atom is 0.185 e. The summed E-state index contributed by atoms with van der Waals surface area (Å²) in [6.07, 6.45) is 1.65. The second-order valence-electron chi connectivity index (χ2n) is 4.63. The molecule has 3 rings (SSSR count). The van der Waals surface area contributed by atoms with E-state index in [2.05, 4.69) is 20.1 Å². The molecule has 2 aliphatic heterocycles. The van der Waals surface area contributed by atoms with Crippen molar-refractivity contribution < 1.29 is 5.11 Å². The van der Waals surface area contributed by atoms with Gasteiger partial charge in [0.25, 0.3) is 0 Å². The van der Waals surface area contributed by atoms with Gasteiger partial charge in [0, 0.05) is 56.9 Å². The number of β-amino-alcohol motifs (C(OH)–C–C–N with tert-alkyl or cyclic N) is 1. The molecule has 5 nitrogen and oxygen atoms in total. The molecule has 6 heteroatoms. The summed E-state index contributed by atoms with van der Waals surface area (Å²) in [6.45, 7) is 5.70. The Kier molecular flexibility index (Phi) is 3.28. The van der Waals surface area contributed by atoms with E-state index in [0.717, 1.165) is 44.4 Å². The fraction of sp³-hybridized carbons (Fsp3) is 0.727. The zero-order valence-electron chi connectivity index (χ0n) is 9.75. The summed E-state index contributed by atoms with van der Waals surface area (Å²) in [5, 5.41) is 16.2. The Labute approximate surface area is 105 Å². The first kappa shape index (κ1) is 11.4. The van der Waals surface area contributed by atoms with Crippen molar-refractivity contribution in [2.75, 3.05) is 44.2 Å². The van der Waals surface area contributed by atoms with Crippen molar-refractivity contribution in [2.45, 2.75) is 12.1 Å². The summed E-state index contributed by atoms with van der Waals surface area (Å²) in [5.74, 6) is 0. The van der Waals surface area contributed by atoms with E-state index in [1.807, 2.05) is 11.6 Å². The minimum Gasteiger partial charge on any atom is -0.390 e.